The maximum absolute atomic E-state index is 12.3. The van der Waals surface area contributed by atoms with Crippen LogP contribution in [0.15, 0.2) is 30.3 Å². The number of quaternary nitrogens is 1. The first-order valence-electron chi connectivity index (χ1n) is 15.6. The molecule has 0 aliphatic carbocycles. The van der Waals surface area contributed by atoms with Crippen LogP contribution in [0.1, 0.15) is 102 Å². The fraction of sp³-hybridized carbons (Fsp3) is 0.774. The molecule has 0 spiro atoms. The van der Waals surface area contributed by atoms with Crippen molar-refractivity contribution in [1.29, 1.82) is 0 Å². The van der Waals surface area contributed by atoms with Gasteiger partial charge in [0.05, 0.1) is 27.7 Å². The number of ether oxygens (including phenoxy) is 1. The predicted octanol–water partition coefficient (Wildman–Crippen LogP) is 6.90. The highest BCUT2D eigenvalue weighted by atomic mass is 31.2. The van der Waals surface area contributed by atoms with E-state index in [2.05, 4.69) is 11.4 Å². The van der Waals surface area contributed by atoms with Crippen LogP contribution < -0.4 is 0 Å². The first-order valence-corrected chi connectivity index (χ1v) is 17.1. The van der Waals surface area contributed by atoms with E-state index in [1.807, 2.05) is 51.5 Å². The Morgan fingerprint density at radius 3 is 1.73 bits per heavy atom. The molecule has 1 aromatic rings. The molecule has 0 radical (unpaired) electrons. The number of rotatable bonds is 23. The summed E-state index contributed by atoms with van der Waals surface area (Å²) in [5.74, 6) is 0. The normalized spacial score (nSPS) is 11.6. The molecule has 0 aliphatic heterocycles. The Labute approximate surface area is 250 Å². The smallest absolute Gasteiger partial charge is 0.445 e. The summed E-state index contributed by atoms with van der Waals surface area (Å²) < 4.78 is 20.5. The Hall–Kier alpha value is -1.48. The molecule has 0 heterocycles. The van der Waals surface area contributed by atoms with Gasteiger partial charge in [-0.25, -0.2) is 9.36 Å². The van der Waals surface area contributed by atoms with Crippen LogP contribution in [0.3, 0.4) is 0 Å². The Kier molecular flexibility index (Phi) is 24.2. The number of hydrogen-bond donors (Lipinski definition) is 3. The lowest BCUT2D eigenvalue weighted by atomic mass is 10.0. The molecule has 10 heteroatoms. The van der Waals surface area contributed by atoms with E-state index < -0.39 is 7.82 Å². The largest absolute Gasteiger partial charge is 0.469 e. The van der Waals surface area contributed by atoms with Crippen molar-refractivity contribution in [2.45, 2.75) is 103 Å². The van der Waals surface area contributed by atoms with Crippen molar-refractivity contribution in [3.63, 3.8) is 0 Å². The summed E-state index contributed by atoms with van der Waals surface area (Å²) in [5, 5.41) is 9.24. The third kappa shape index (κ3) is 28.4. The molecular formula is C31H60N2O7P+. The van der Waals surface area contributed by atoms with Crippen LogP contribution in [-0.4, -0.2) is 84.4 Å². The second-order valence-corrected chi connectivity index (χ2v) is 12.9. The van der Waals surface area contributed by atoms with Crippen LogP contribution in [0, 0.1) is 0 Å². The first-order chi connectivity index (χ1) is 19.5. The lowest BCUT2D eigenvalue weighted by Crippen LogP contribution is -2.37. The summed E-state index contributed by atoms with van der Waals surface area (Å²) >= 11 is 0. The Morgan fingerprint density at radius 1 is 0.805 bits per heavy atom. The molecule has 0 bridgehead atoms. The van der Waals surface area contributed by atoms with E-state index in [-0.39, 0.29) is 25.9 Å². The number of benzene rings is 1. The number of nitrogens with zero attached hydrogens (tertiary/aromatic N) is 2. The third-order valence-corrected chi connectivity index (χ3v) is 7.16. The molecule has 41 heavy (non-hydrogen) atoms. The van der Waals surface area contributed by atoms with E-state index >= 15 is 0 Å². The van der Waals surface area contributed by atoms with Crippen molar-refractivity contribution in [3.8, 4) is 0 Å². The van der Waals surface area contributed by atoms with E-state index in [1.54, 1.807) is 4.90 Å². The molecule has 1 aromatic carbocycles. The zero-order chi connectivity index (χ0) is 30.8. The van der Waals surface area contributed by atoms with E-state index in [0.29, 0.717) is 24.1 Å². The van der Waals surface area contributed by atoms with Crippen LogP contribution in [-0.2, 0) is 20.4 Å². The number of hydrogen-bond acceptors (Lipinski definition) is 5. The second kappa shape index (κ2) is 25.1. The minimum atomic E-state index is -4.26. The Morgan fingerprint density at radius 2 is 1.29 bits per heavy atom. The molecule has 0 unspecified atom stereocenters. The fourth-order valence-electron chi connectivity index (χ4n) is 4.16. The standard InChI is InChI=1S/C26H45NO3.C5H14NO4P/c1-2-3-4-5-6-7-8-9-10-11-12-13-14-18-21-27(22-23-28)26(29)30-24-25-19-16-15-17-20-25;1-6(2,3)4-5-10-11(7,8)9/h15-17,19-20,28H,2-14,18,21-24H2,1H3;4-5H2,1-3H3,(H-,7,8,9)/p+1. The number of aliphatic hydroxyl groups excluding tert-OH is 1. The van der Waals surface area contributed by atoms with E-state index in [4.69, 9.17) is 14.5 Å². The van der Waals surface area contributed by atoms with Gasteiger partial charge in [0.15, 0.2) is 0 Å². The highest BCUT2D eigenvalue weighted by Gasteiger charge is 2.16. The lowest BCUT2D eigenvalue weighted by Gasteiger charge is -2.23. The van der Waals surface area contributed by atoms with Crippen LogP contribution in [0.5, 0.6) is 0 Å². The van der Waals surface area contributed by atoms with Crippen LogP contribution in [0.2, 0.25) is 0 Å². The molecule has 3 N–H and O–H groups in total. The summed E-state index contributed by atoms with van der Waals surface area (Å²) in [4.78, 5) is 30.5. The monoisotopic (exact) mass is 603 g/mol. The predicted molar refractivity (Wildman–Crippen MR) is 166 cm³/mol. The van der Waals surface area contributed by atoms with Gasteiger partial charge in [-0.15, -0.1) is 0 Å². The van der Waals surface area contributed by atoms with E-state index in [1.165, 1.54) is 77.0 Å². The highest BCUT2D eigenvalue weighted by molar-refractivity contribution is 7.46. The highest BCUT2D eigenvalue weighted by Crippen LogP contribution is 2.35. The summed E-state index contributed by atoms with van der Waals surface area (Å²) in [6, 6.07) is 9.69. The van der Waals surface area contributed by atoms with Crippen molar-refractivity contribution in [1.82, 2.24) is 4.90 Å². The van der Waals surface area contributed by atoms with Crippen molar-refractivity contribution in [3.05, 3.63) is 35.9 Å². The SMILES string of the molecule is CCCCCCCCCCCCCCCCN(CCO)C(=O)OCc1ccccc1.C[N+](C)(C)CCOP(=O)(O)O. The van der Waals surface area contributed by atoms with Gasteiger partial charge >= 0.3 is 13.9 Å². The number of aliphatic hydroxyl groups is 1. The van der Waals surface area contributed by atoms with Crippen molar-refractivity contribution in [2.75, 3.05) is 54.0 Å². The zero-order valence-electron chi connectivity index (χ0n) is 26.3. The maximum atomic E-state index is 12.3. The van der Waals surface area contributed by atoms with Crippen molar-refractivity contribution >= 4 is 13.9 Å². The minimum Gasteiger partial charge on any atom is -0.445 e. The van der Waals surface area contributed by atoms with Crippen molar-refractivity contribution in [2.24, 2.45) is 0 Å². The molecule has 0 aliphatic rings. The summed E-state index contributed by atoms with van der Waals surface area (Å²) in [7, 11) is 1.50. The molecule has 0 atom stereocenters. The van der Waals surface area contributed by atoms with Gasteiger partial charge < -0.3 is 29.0 Å². The maximum Gasteiger partial charge on any atom is 0.469 e. The van der Waals surface area contributed by atoms with E-state index in [0.717, 1.165) is 18.4 Å². The summed E-state index contributed by atoms with van der Waals surface area (Å²) in [5.41, 5.74) is 0.978. The number of carbonyl (C=O) groups is 1. The van der Waals surface area contributed by atoms with Gasteiger partial charge in [-0.2, -0.15) is 0 Å². The van der Waals surface area contributed by atoms with Crippen molar-refractivity contribution < 1.29 is 38.0 Å². The number of phosphoric acid groups is 1. The number of phosphoric ester groups is 1. The lowest BCUT2D eigenvalue weighted by molar-refractivity contribution is -0.870. The van der Waals surface area contributed by atoms with Gasteiger partial charge in [-0.05, 0) is 12.0 Å². The Bertz CT molecular complexity index is 784. The average Bonchev–Trinajstić information content (AvgIpc) is 2.90. The minimum absolute atomic E-state index is 0.0287. The second-order valence-electron chi connectivity index (χ2n) is 11.7. The molecular weight excluding hydrogens is 543 g/mol. The molecule has 240 valence electrons. The van der Waals surface area contributed by atoms with Gasteiger partial charge in [0, 0.05) is 13.1 Å². The summed E-state index contributed by atoms with van der Waals surface area (Å²) in [6.45, 7) is 4.17. The van der Waals surface area contributed by atoms with Crippen LogP contribution >= 0.6 is 7.82 Å². The van der Waals surface area contributed by atoms with Gasteiger partial charge in [-0.1, -0.05) is 121 Å². The quantitative estimate of drug-likeness (QED) is 0.0708. The number of carbonyl (C=O) groups excluding carboxylic acids is 1. The fourth-order valence-corrected chi connectivity index (χ4v) is 4.48. The van der Waals surface area contributed by atoms with Gasteiger partial charge in [0.25, 0.3) is 0 Å². The molecule has 0 aromatic heterocycles. The van der Waals surface area contributed by atoms with Gasteiger partial charge in [-0.3, -0.25) is 4.52 Å². The van der Waals surface area contributed by atoms with Crippen LogP contribution in [0.25, 0.3) is 0 Å². The summed E-state index contributed by atoms with van der Waals surface area (Å²) in [6.07, 6.45) is 18.1. The topological polar surface area (TPSA) is 117 Å². The molecule has 1 amide bonds. The van der Waals surface area contributed by atoms with Gasteiger partial charge in [0.2, 0.25) is 0 Å². The van der Waals surface area contributed by atoms with Gasteiger partial charge in [0.1, 0.15) is 19.8 Å². The molecule has 0 fully saturated rings. The van der Waals surface area contributed by atoms with E-state index in [9.17, 15) is 14.5 Å². The third-order valence-electron chi connectivity index (χ3n) is 6.64. The molecule has 0 saturated heterocycles. The number of amides is 1. The molecule has 1 rings (SSSR count). The first kappa shape index (κ1) is 39.5. The number of likely N-dealkylation sites (N-methyl/N-ethyl adjacent to an activating group) is 1. The Balaban J connectivity index is 0.00000122. The zero-order valence-corrected chi connectivity index (χ0v) is 27.2. The average molecular weight is 604 g/mol. The van der Waals surface area contributed by atoms with Crippen LogP contribution in [0.4, 0.5) is 4.79 Å². The molecule has 0 saturated carbocycles. The molecule has 9 nitrogen and oxygen atoms in total. The number of unbranched alkanes of at least 4 members (excludes halogenated alkanes) is 13.